The van der Waals surface area contributed by atoms with Crippen molar-refractivity contribution in [2.24, 2.45) is 17.6 Å². The molecular weight excluding hydrogens is 398 g/mol. The molecule has 1 aliphatic carbocycles. The Balaban J connectivity index is 1.49. The minimum Gasteiger partial charge on any atom is -0.452 e. The highest BCUT2D eigenvalue weighted by molar-refractivity contribution is 7.14. The number of hydrogen-bond donors (Lipinski definition) is 2. The van der Waals surface area contributed by atoms with E-state index in [4.69, 9.17) is 10.5 Å². The Morgan fingerprint density at radius 3 is 2.45 bits per heavy atom. The summed E-state index contributed by atoms with van der Waals surface area (Å²) in [5, 5.41) is 4.37. The lowest BCUT2D eigenvalue weighted by molar-refractivity contribution is -0.154. The lowest BCUT2D eigenvalue weighted by Crippen LogP contribution is -2.35. The third-order valence-electron chi connectivity index (χ3n) is 4.98. The lowest BCUT2D eigenvalue weighted by atomic mass is 9.85. The molecule has 4 amide bonds. The van der Waals surface area contributed by atoms with Gasteiger partial charge in [-0.3, -0.25) is 28.9 Å². The summed E-state index contributed by atoms with van der Waals surface area (Å²) in [7, 11) is 0. The number of carbonyl (C=O) groups excluding carboxylic acids is 5. The highest BCUT2D eigenvalue weighted by Crippen LogP contribution is 2.35. The first kappa shape index (κ1) is 20.7. The van der Waals surface area contributed by atoms with E-state index in [-0.39, 0.29) is 47.2 Å². The number of amides is 4. The molecule has 1 aromatic rings. The van der Waals surface area contributed by atoms with Crippen LogP contribution in [0.5, 0.6) is 0 Å². The van der Waals surface area contributed by atoms with Crippen LogP contribution in [-0.2, 0) is 23.9 Å². The zero-order chi connectivity index (χ0) is 21.1. The largest absolute Gasteiger partial charge is 0.452 e. The molecule has 3 rings (SSSR count). The van der Waals surface area contributed by atoms with Crippen LogP contribution in [0.2, 0.25) is 0 Å². The second-order valence-corrected chi connectivity index (χ2v) is 7.80. The van der Waals surface area contributed by atoms with Crippen LogP contribution in [0.25, 0.3) is 0 Å². The molecule has 2 aliphatic rings. The van der Waals surface area contributed by atoms with Gasteiger partial charge in [0.15, 0.2) is 6.10 Å². The Hall–Kier alpha value is -3.01. The van der Waals surface area contributed by atoms with Gasteiger partial charge in [-0.1, -0.05) is 12.2 Å². The van der Waals surface area contributed by atoms with Crippen molar-refractivity contribution in [1.29, 1.82) is 0 Å². The number of allylic oxidation sites excluding steroid dienone is 2. The second-order valence-electron chi connectivity index (χ2n) is 6.88. The van der Waals surface area contributed by atoms with E-state index >= 15 is 0 Å². The highest BCUT2D eigenvalue weighted by atomic mass is 32.1. The lowest BCUT2D eigenvalue weighted by Gasteiger charge is -2.16. The first-order valence-corrected chi connectivity index (χ1v) is 10.1. The number of anilines is 1. The van der Waals surface area contributed by atoms with E-state index < -0.39 is 23.9 Å². The summed E-state index contributed by atoms with van der Waals surface area (Å²) in [6.45, 7) is 1.31. The van der Waals surface area contributed by atoms with Gasteiger partial charge in [0.05, 0.1) is 23.8 Å². The molecule has 154 valence electrons. The second kappa shape index (κ2) is 8.56. The molecule has 3 atom stereocenters. The first-order chi connectivity index (χ1) is 13.8. The summed E-state index contributed by atoms with van der Waals surface area (Å²) in [5.41, 5.74) is 5.39. The van der Waals surface area contributed by atoms with Crippen molar-refractivity contribution in [2.45, 2.75) is 32.3 Å². The number of nitrogens with one attached hydrogen (secondary N) is 1. The van der Waals surface area contributed by atoms with Crippen molar-refractivity contribution in [2.75, 3.05) is 11.9 Å². The van der Waals surface area contributed by atoms with Crippen molar-refractivity contribution in [1.82, 2.24) is 4.90 Å². The SMILES string of the molecule is C[C@@H](OC(=O)CCN1C(=O)[C@H]2CC=CC[C@H]2C1=O)C(=O)Nc1sccc1C(N)=O. The van der Waals surface area contributed by atoms with Gasteiger partial charge in [0.2, 0.25) is 11.8 Å². The number of rotatable bonds is 7. The average Bonchev–Trinajstić information content (AvgIpc) is 3.24. The molecule has 1 saturated heterocycles. The number of nitrogens with zero attached hydrogens (tertiary/aromatic N) is 1. The number of esters is 1. The monoisotopic (exact) mass is 419 g/mol. The van der Waals surface area contributed by atoms with E-state index in [1.54, 1.807) is 5.38 Å². The topological polar surface area (TPSA) is 136 Å². The molecule has 0 spiro atoms. The maximum absolute atomic E-state index is 12.4. The van der Waals surface area contributed by atoms with Crippen LogP contribution in [0.1, 0.15) is 36.5 Å². The third kappa shape index (κ3) is 4.37. The number of fused-ring (bicyclic) bond motifs is 1. The molecule has 1 aliphatic heterocycles. The fraction of sp³-hybridized carbons (Fsp3) is 0.421. The molecule has 0 aromatic carbocycles. The Morgan fingerprint density at radius 2 is 1.86 bits per heavy atom. The van der Waals surface area contributed by atoms with Gasteiger partial charge in [-0.2, -0.15) is 0 Å². The van der Waals surface area contributed by atoms with E-state index in [0.29, 0.717) is 12.8 Å². The molecule has 1 aromatic heterocycles. The minimum atomic E-state index is -1.12. The smallest absolute Gasteiger partial charge is 0.308 e. The van der Waals surface area contributed by atoms with Crippen molar-refractivity contribution in [3.8, 4) is 0 Å². The predicted molar refractivity (Wildman–Crippen MR) is 104 cm³/mol. The van der Waals surface area contributed by atoms with Crippen LogP contribution in [0.4, 0.5) is 5.00 Å². The van der Waals surface area contributed by atoms with E-state index in [2.05, 4.69) is 5.32 Å². The van der Waals surface area contributed by atoms with Crippen molar-refractivity contribution >= 4 is 45.9 Å². The molecule has 2 heterocycles. The summed E-state index contributed by atoms with van der Waals surface area (Å²) in [5.74, 6) is -3.23. The molecule has 3 N–H and O–H groups in total. The number of primary amides is 1. The van der Waals surface area contributed by atoms with Gasteiger partial charge in [0, 0.05) is 6.54 Å². The van der Waals surface area contributed by atoms with E-state index in [1.165, 1.54) is 13.0 Å². The Bertz CT molecular complexity index is 866. The van der Waals surface area contributed by atoms with Crippen LogP contribution in [0, 0.1) is 11.8 Å². The number of imide groups is 1. The van der Waals surface area contributed by atoms with Crippen molar-refractivity contribution in [3.05, 3.63) is 29.2 Å². The standard InChI is InChI=1S/C19H21N3O6S/c1-10(16(25)21-17-13(15(20)24)7-9-29-17)28-14(23)6-8-22-18(26)11-4-2-3-5-12(11)19(22)27/h2-3,7,9-12H,4-6,8H2,1H3,(H2,20,24)(H,21,25)/t10-,11-,12+/m1/s1. The molecule has 0 radical (unpaired) electrons. The van der Waals surface area contributed by atoms with Crippen LogP contribution in [-0.4, -0.2) is 47.1 Å². The molecular formula is C19H21N3O6S. The van der Waals surface area contributed by atoms with Gasteiger partial charge in [0.1, 0.15) is 5.00 Å². The zero-order valence-electron chi connectivity index (χ0n) is 15.8. The van der Waals surface area contributed by atoms with Gasteiger partial charge < -0.3 is 15.8 Å². The Kier molecular flexibility index (Phi) is 6.12. The van der Waals surface area contributed by atoms with Gasteiger partial charge in [0.25, 0.3) is 11.8 Å². The first-order valence-electron chi connectivity index (χ1n) is 9.17. The summed E-state index contributed by atoms with van der Waals surface area (Å²) >= 11 is 1.12. The number of hydrogen-bond acceptors (Lipinski definition) is 7. The molecule has 29 heavy (non-hydrogen) atoms. The number of nitrogens with two attached hydrogens (primary N) is 1. The predicted octanol–water partition coefficient (Wildman–Crippen LogP) is 1.06. The summed E-state index contributed by atoms with van der Waals surface area (Å²) < 4.78 is 5.09. The van der Waals surface area contributed by atoms with Crippen LogP contribution in [0.3, 0.4) is 0 Å². The van der Waals surface area contributed by atoms with Gasteiger partial charge in [-0.05, 0) is 31.2 Å². The number of carbonyl (C=O) groups is 5. The maximum Gasteiger partial charge on any atom is 0.308 e. The summed E-state index contributed by atoms with van der Waals surface area (Å²) in [4.78, 5) is 61.4. The van der Waals surface area contributed by atoms with E-state index in [9.17, 15) is 24.0 Å². The quantitative estimate of drug-likeness (QED) is 0.385. The number of ether oxygens (including phenoxy) is 1. The molecule has 0 unspecified atom stereocenters. The Labute approximate surface area is 170 Å². The summed E-state index contributed by atoms with van der Waals surface area (Å²) in [6, 6.07) is 1.48. The number of thiophene rings is 1. The number of likely N-dealkylation sites (tertiary alicyclic amines) is 1. The maximum atomic E-state index is 12.4. The fourth-order valence-electron chi connectivity index (χ4n) is 3.42. The zero-order valence-corrected chi connectivity index (χ0v) is 16.6. The van der Waals surface area contributed by atoms with Gasteiger partial charge >= 0.3 is 5.97 Å². The van der Waals surface area contributed by atoms with Gasteiger partial charge in [-0.25, -0.2) is 0 Å². The van der Waals surface area contributed by atoms with E-state index in [0.717, 1.165) is 16.2 Å². The van der Waals surface area contributed by atoms with Crippen LogP contribution < -0.4 is 11.1 Å². The molecule has 1 fully saturated rings. The summed E-state index contributed by atoms with van der Waals surface area (Å²) in [6.07, 6.45) is 3.52. The molecule has 10 heteroatoms. The minimum absolute atomic E-state index is 0.0748. The Morgan fingerprint density at radius 1 is 1.24 bits per heavy atom. The van der Waals surface area contributed by atoms with Crippen LogP contribution >= 0.6 is 11.3 Å². The van der Waals surface area contributed by atoms with Crippen LogP contribution in [0.15, 0.2) is 23.6 Å². The van der Waals surface area contributed by atoms with E-state index in [1.807, 2.05) is 12.2 Å². The molecule has 9 nitrogen and oxygen atoms in total. The normalized spacial score (nSPS) is 21.6. The fourth-order valence-corrected chi connectivity index (χ4v) is 4.21. The molecule has 0 bridgehead atoms. The van der Waals surface area contributed by atoms with Gasteiger partial charge in [-0.15, -0.1) is 11.3 Å². The van der Waals surface area contributed by atoms with Crippen molar-refractivity contribution < 1.29 is 28.7 Å². The van der Waals surface area contributed by atoms with Crippen molar-refractivity contribution in [3.63, 3.8) is 0 Å². The highest BCUT2D eigenvalue weighted by Gasteiger charge is 2.47. The third-order valence-corrected chi connectivity index (χ3v) is 5.81. The molecule has 0 saturated carbocycles. The average molecular weight is 419 g/mol.